The van der Waals surface area contributed by atoms with E-state index in [9.17, 15) is 0 Å². The Hall–Kier alpha value is -0.540. The van der Waals surface area contributed by atoms with E-state index < -0.39 is 0 Å². The maximum Gasteiger partial charge on any atom is 0.103 e. The van der Waals surface area contributed by atoms with Crippen LogP contribution in [0.4, 0.5) is 0 Å². The Labute approximate surface area is 62.0 Å². The summed E-state index contributed by atoms with van der Waals surface area (Å²) >= 11 is 0. The first kappa shape index (κ1) is 9.46. The van der Waals surface area contributed by atoms with E-state index in [-0.39, 0.29) is 11.5 Å². The zero-order chi connectivity index (χ0) is 8.20. The molecule has 0 heterocycles. The van der Waals surface area contributed by atoms with Gasteiger partial charge in [0.2, 0.25) is 0 Å². The van der Waals surface area contributed by atoms with Crippen molar-refractivity contribution in [2.45, 2.75) is 26.9 Å². The van der Waals surface area contributed by atoms with E-state index >= 15 is 0 Å². The topological polar surface area (TPSA) is 61.3 Å². The summed E-state index contributed by atoms with van der Waals surface area (Å²) < 4.78 is 0. The van der Waals surface area contributed by atoms with Crippen molar-refractivity contribution in [1.82, 2.24) is 0 Å². The van der Waals surface area contributed by atoms with Gasteiger partial charge in [-0.25, -0.2) is 5.90 Å². The van der Waals surface area contributed by atoms with Crippen LogP contribution in [0.3, 0.4) is 0 Å². The van der Waals surface area contributed by atoms with E-state index in [2.05, 4.69) is 4.84 Å². The predicted octanol–water partition coefficient (Wildman–Crippen LogP) is 0.764. The maximum atomic E-state index is 5.19. The molecule has 4 N–H and O–H groups in total. The summed E-state index contributed by atoms with van der Waals surface area (Å²) in [5.74, 6) is 5.04. The van der Waals surface area contributed by atoms with Crippen LogP contribution in [-0.2, 0) is 4.84 Å². The molecule has 3 nitrogen and oxygen atoms in total. The van der Waals surface area contributed by atoms with Crippen LogP contribution in [0.15, 0.2) is 12.3 Å². The SMILES string of the molecule is CC(C)(C)C(/C=C/N)ON. The van der Waals surface area contributed by atoms with Gasteiger partial charge in [-0.1, -0.05) is 20.8 Å². The molecule has 0 saturated carbocycles. The lowest BCUT2D eigenvalue weighted by Crippen LogP contribution is -2.30. The number of hydrogen-bond donors (Lipinski definition) is 2. The van der Waals surface area contributed by atoms with Crippen molar-refractivity contribution in [3.63, 3.8) is 0 Å². The normalized spacial score (nSPS) is 16.0. The zero-order valence-corrected chi connectivity index (χ0v) is 6.79. The van der Waals surface area contributed by atoms with Gasteiger partial charge in [0.25, 0.3) is 0 Å². The third-order valence-electron chi connectivity index (χ3n) is 1.29. The lowest BCUT2D eigenvalue weighted by Gasteiger charge is -2.25. The first-order valence-corrected chi connectivity index (χ1v) is 3.26. The minimum atomic E-state index is -0.113. The molecule has 0 fully saturated rings. The summed E-state index contributed by atoms with van der Waals surface area (Å²) in [4.78, 5) is 4.69. The molecular weight excluding hydrogens is 128 g/mol. The highest BCUT2D eigenvalue weighted by molar-refractivity contribution is 4.92. The highest BCUT2D eigenvalue weighted by atomic mass is 16.6. The molecule has 0 aliphatic carbocycles. The highest BCUT2D eigenvalue weighted by Crippen LogP contribution is 2.21. The molecule has 0 aromatic rings. The minimum absolute atomic E-state index is 0.00458. The van der Waals surface area contributed by atoms with E-state index in [1.165, 1.54) is 6.20 Å². The first-order chi connectivity index (χ1) is 4.52. The second-order valence-electron chi connectivity index (χ2n) is 3.31. The fourth-order valence-electron chi connectivity index (χ4n) is 0.639. The summed E-state index contributed by atoms with van der Waals surface area (Å²) in [7, 11) is 0. The van der Waals surface area contributed by atoms with Gasteiger partial charge in [-0.3, -0.25) is 4.84 Å². The van der Waals surface area contributed by atoms with Gasteiger partial charge in [0, 0.05) is 0 Å². The van der Waals surface area contributed by atoms with Gasteiger partial charge < -0.3 is 5.73 Å². The van der Waals surface area contributed by atoms with E-state index in [0.717, 1.165) is 0 Å². The van der Waals surface area contributed by atoms with E-state index in [1.807, 2.05) is 20.8 Å². The molecule has 0 aliphatic rings. The Morgan fingerprint density at radius 1 is 1.40 bits per heavy atom. The predicted molar refractivity (Wildman–Crippen MR) is 41.8 cm³/mol. The average molecular weight is 144 g/mol. The molecule has 3 heteroatoms. The van der Waals surface area contributed by atoms with Gasteiger partial charge in [-0.05, 0) is 17.7 Å². The molecule has 0 saturated heterocycles. The monoisotopic (exact) mass is 144 g/mol. The van der Waals surface area contributed by atoms with Crippen molar-refractivity contribution in [1.29, 1.82) is 0 Å². The molecule has 0 amide bonds. The van der Waals surface area contributed by atoms with Crippen molar-refractivity contribution in [2.75, 3.05) is 0 Å². The van der Waals surface area contributed by atoms with Crippen LogP contribution >= 0.6 is 0 Å². The van der Waals surface area contributed by atoms with Crippen LogP contribution in [-0.4, -0.2) is 6.10 Å². The molecule has 0 aromatic heterocycles. The molecule has 0 spiro atoms. The highest BCUT2D eigenvalue weighted by Gasteiger charge is 2.21. The van der Waals surface area contributed by atoms with Crippen LogP contribution in [0.5, 0.6) is 0 Å². The fraction of sp³-hybridized carbons (Fsp3) is 0.714. The third kappa shape index (κ3) is 2.85. The Morgan fingerprint density at radius 2 is 1.90 bits per heavy atom. The summed E-state index contributed by atoms with van der Waals surface area (Å²) in [6, 6.07) is 0. The fourth-order valence-corrected chi connectivity index (χ4v) is 0.639. The first-order valence-electron chi connectivity index (χ1n) is 3.26. The molecular formula is C7H16N2O. The Morgan fingerprint density at radius 3 is 2.00 bits per heavy atom. The zero-order valence-electron chi connectivity index (χ0n) is 6.79. The molecule has 0 rings (SSSR count). The van der Waals surface area contributed by atoms with Crippen LogP contribution in [0.1, 0.15) is 20.8 Å². The number of hydrogen-bond acceptors (Lipinski definition) is 3. The number of nitrogens with two attached hydrogens (primary N) is 2. The molecule has 0 aromatic carbocycles. The Kier molecular flexibility index (Phi) is 3.39. The lowest BCUT2D eigenvalue weighted by molar-refractivity contribution is 0.0141. The van der Waals surface area contributed by atoms with Gasteiger partial charge in [-0.2, -0.15) is 0 Å². The van der Waals surface area contributed by atoms with Crippen molar-refractivity contribution in [2.24, 2.45) is 17.0 Å². The molecule has 1 unspecified atom stereocenters. The van der Waals surface area contributed by atoms with Crippen molar-refractivity contribution < 1.29 is 4.84 Å². The second-order valence-corrected chi connectivity index (χ2v) is 3.31. The lowest BCUT2D eigenvalue weighted by atomic mass is 9.89. The van der Waals surface area contributed by atoms with Gasteiger partial charge in [0.15, 0.2) is 0 Å². The van der Waals surface area contributed by atoms with Crippen LogP contribution in [0.25, 0.3) is 0 Å². The second kappa shape index (κ2) is 3.58. The summed E-state index contributed by atoms with van der Waals surface area (Å²) in [5, 5.41) is 0. The van der Waals surface area contributed by atoms with Crippen molar-refractivity contribution in [3.05, 3.63) is 12.3 Å². The van der Waals surface area contributed by atoms with E-state index in [1.54, 1.807) is 6.08 Å². The van der Waals surface area contributed by atoms with Gasteiger partial charge in [0.05, 0.1) is 0 Å². The van der Waals surface area contributed by atoms with Crippen LogP contribution in [0.2, 0.25) is 0 Å². The van der Waals surface area contributed by atoms with Gasteiger partial charge in [-0.15, -0.1) is 0 Å². The Balaban J connectivity index is 4.07. The summed E-state index contributed by atoms with van der Waals surface area (Å²) in [5.41, 5.74) is 5.19. The maximum absolute atomic E-state index is 5.19. The smallest absolute Gasteiger partial charge is 0.103 e. The summed E-state index contributed by atoms with van der Waals surface area (Å²) in [6.45, 7) is 6.10. The molecule has 1 atom stereocenters. The molecule has 60 valence electrons. The van der Waals surface area contributed by atoms with Crippen molar-refractivity contribution in [3.8, 4) is 0 Å². The molecule has 0 radical (unpaired) electrons. The van der Waals surface area contributed by atoms with Crippen molar-refractivity contribution >= 4 is 0 Å². The van der Waals surface area contributed by atoms with Gasteiger partial charge >= 0.3 is 0 Å². The standard InChI is InChI=1S/C7H16N2O/c1-7(2,3)6(10-9)4-5-8/h4-6H,8-9H2,1-3H3/b5-4+. The minimum Gasteiger partial charge on any atom is -0.405 e. The molecule has 0 bridgehead atoms. The number of rotatable bonds is 2. The molecule has 0 aliphatic heterocycles. The third-order valence-corrected chi connectivity index (χ3v) is 1.29. The van der Waals surface area contributed by atoms with E-state index in [4.69, 9.17) is 11.6 Å². The Bertz CT molecular complexity index is 115. The van der Waals surface area contributed by atoms with Crippen LogP contribution in [0, 0.1) is 5.41 Å². The molecule has 10 heavy (non-hydrogen) atoms. The largest absolute Gasteiger partial charge is 0.405 e. The summed E-state index contributed by atoms with van der Waals surface area (Å²) in [6.07, 6.45) is 3.07. The average Bonchev–Trinajstić information content (AvgIpc) is 1.80. The van der Waals surface area contributed by atoms with Crippen LogP contribution < -0.4 is 11.6 Å². The van der Waals surface area contributed by atoms with Gasteiger partial charge in [0.1, 0.15) is 6.10 Å². The quantitative estimate of drug-likeness (QED) is 0.562. The van der Waals surface area contributed by atoms with E-state index in [0.29, 0.717) is 0 Å².